The molecule has 1 aromatic rings. The first-order valence-electron chi connectivity index (χ1n) is 9.93. The average Bonchev–Trinajstić information content (AvgIpc) is 2.58. The molecule has 142 valence electrons. The van der Waals surface area contributed by atoms with Crippen LogP contribution in [-0.2, 0) is 11.2 Å². The van der Waals surface area contributed by atoms with Crippen LogP contribution in [-0.4, -0.2) is 34.5 Å². The van der Waals surface area contributed by atoms with Gasteiger partial charge >= 0.3 is 6.09 Å². The molecule has 0 saturated carbocycles. The van der Waals surface area contributed by atoms with E-state index < -0.39 is 5.60 Å². The third-order valence-electron chi connectivity index (χ3n) is 5.57. The third-order valence-corrected chi connectivity index (χ3v) is 5.57. The number of carbonyl (C=O) groups excluding carboxylic acids is 2. The highest BCUT2D eigenvalue weighted by atomic mass is 16.6. The fourth-order valence-electron chi connectivity index (χ4n) is 4.39. The van der Waals surface area contributed by atoms with E-state index in [4.69, 9.17) is 4.74 Å². The Morgan fingerprint density at radius 3 is 2.38 bits per heavy atom. The number of ketones is 1. The standard InChI is InChI=1S/C22H31NO3/c1-5-15-8-6-9-16(12-15)20(24)17-13-18-10-7-11-19(14-17)23(18)21(25)26-22(2,3)4/h6,8-9,12,17-19H,5,7,10-11,13-14H2,1-4H3. The minimum Gasteiger partial charge on any atom is -0.444 e. The van der Waals surface area contributed by atoms with Gasteiger partial charge in [0.25, 0.3) is 0 Å². The number of nitrogens with zero attached hydrogens (tertiary/aromatic N) is 1. The number of hydrogen-bond acceptors (Lipinski definition) is 3. The van der Waals surface area contributed by atoms with Gasteiger partial charge in [-0.2, -0.15) is 0 Å². The maximum atomic E-state index is 13.1. The average molecular weight is 357 g/mol. The smallest absolute Gasteiger partial charge is 0.410 e. The highest BCUT2D eigenvalue weighted by molar-refractivity contribution is 5.98. The lowest BCUT2D eigenvalue weighted by atomic mass is 9.75. The van der Waals surface area contributed by atoms with E-state index in [-0.39, 0.29) is 29.9 Å². The zero-order valence-corrected chi connectivity index (χ0v) is 16.5. The van der Waals surface area contributed by atoms with E-state index in [1.165, 1.54) is 5.56 Å². The van der Waals surface area contributed by atoms with Crippen LogP contribution in [0.25, 0.3) is 0 Å². The van der Waals surface area contributed by atoms with Gasteiger partial charge in [-0.15, -0.1) is 0 Å². The normalized spacial score (nSPS) is 25.7. The lowest BCUT2D eigenvalue weighted by Gasteiger charge is -2.48. The molecule has 2 unspecified atom stereocenters. The van der Waals surface area contributed by atoms with Crippen molar-refractivity contribution in [2.45, 2.75) is 83.9 Å². The van der Waals surface area contributed by atoms with Gasteiger partial charge in [-0.1, -0.05) is 25.1 Å². The van der Waals surface area contributed by atoms with Gasteiger partial charge in [0, 0.05) is 23.6 Å². The Morgan fingerprint density at radius 2 is 1.81 bits per heavy atom. The molecule has 2 fully saturated rings. The molecule has 2 saturated heterocycles. The number of aryl methyl sites for hydroxylation is 1. The van der Waals surface area contributed by atoms with Crippen LogP contribution in [0.5, 0.6) is 0 Å². The molecular formula is C22H31NO3. The van der Waals surface area contributed by atoms with E-state index in [1.54, 1.807) is 0 Å². The zero-order valence-electron chi connectivity index (χ0n) is 16.5. The molecule has 0 spiro atoms. The number of piperidine rings is 2. The van der Waals surface area contributed by atoms with Crippen molar-refractivity contribution >= 4 is 11.9 Å². The van der Waals surface area contributed by atoms with Crippen LogP contribution in [0.15, 0.2) is 24.3 Å². The number of rotatable bonds is 3. The van der Waals surface area contributed by atoms with Crippen LogP contribution >= 0.6 is 0 Å². The highest BCUT2D eigenvalue weighted by Crippen LogP contribution is 2.39. The van der Waals surface area contributed by atoms with Crippen LogP contribution in [0.2, 0.25) is 0 Å². The molecule has 0 aromatic heterocycles. The van der Waals surface area contributed by atoms with Gasteiger partial charge in [0.05, 0.1) is 0 Å². The molecule has 1 amide bonds. The van der Waals surface area contributed by atoms with Crippen LogP contribution < -0.4 is 0 Å². The summed E-state index contributed by atoms with van der Waals surface area (Å²) in [5, 5.41) is 0. The van der Waals surface area contributed by atoms with Gasteiger partial charge in [0.2, 0.25) is 0 Å². The summed E-state index contributed by atoms with van der Waals surface area (Å²) >= 11 is 0. The van der Waals surface area contributed by atoms with Crippen molar-refractivity contribution in [1.82, 2.24) is 4.90 Å². The van der Waals surface area contributed by atoms with Gasteiger partial charge in [-0.3, -0.25) is 4.79 Å². The van der Waals surface area contributed by atoms with Gasteiger partial charge < -0.3 is 9.64 Å². The largest absolute Gasteiger partial charge is 0.444 e. The molecule has 2 aliphatic rings. The van der Waals surface area contributed by atoms with Gasteiger partial charge in [0.15, 0.2) is 5.78 Å². The van der Waals surface area contributed by atoms with Crippen LogP contribution in [0.1, 0.15) is 75.7 Å². The summed E-state index contributed by atoms with van der Waals surface area (Å²) < 4.78 is 5.63. The molecule has 3 rings (SSSR count). The predicted octanol–water partition coefficient (Wildman–Crippen LogP) is 5.00. The fourth-order valence-corrected chi connectivity index (χ4v) is 4.39. The van der Waals surface area contributed by atoms with E-state index in [0.29, 0.717) is 0 Å². The molecule has 0 aliphatic carbocycles. The van der Waals surface area contributed by atoms with Gasteiger partial charge in [0.1, 0.15) is 5.60 Å². The van der Waals surface area contributed by atoms with Crippen molar-refractivity contribution < 1.29 is 14.3 Å². The minimum atomic E-state index is -0.487. The number of amides is 1. The first kappa shape index (κ1) is 18.9. The van der Waals surface area contributed by atoms with E-state index >= 15 is 0 Å². The quantitative estimate of drug-likeness (QED) is 0.715. The Kier molecular flexibility index (Phi) is 5.40. The Balaban J connectivity index is 1.75. The summed E-state index contributed by atoms with van der Waals surface area (Å²) in [6.45, 7) is 7.81. The minimum absolute atomic E-state index is 0.0103. The number of hydrogen-bond donors (Lipinski definition) is 0. The van der Waals surface area contributed by atoms with Crippen LogP contribution in [0.3, 0.4) is 0 Å². The molecule has 2 atom stereocenters. The van der Waals surface area contributed by atoms with Crippen LogP contribution in [0.4, 0.5) is 4.79 Å². The molecule has 2 bridgehead atoms. The Bertz CT molecular complexity index is 662. The number of ether oxygens (including phenoxy) is 1. The molecule has 26 heavy (non-hydrogen) atoms. The van der Waals surface area contributed by atoms with Crippen molar-refractivity contribution in [3.63, 3.8) is 0 Å². The SMILES string of the molecule is CCc1cccc(C(=O)C2CC3CCCC(C2)N3C(=O)OC(C)(C)C)c1. The Morgan fingerprint density at radius 1 is 1.15 bits per heavy atom. The topological polar surface area (TPSA) is 46.6 Å². The Hall–Kier alpha value is -1.84. The summed E-state index contributed by atoms with van der Waals surface area (Å²) in [7, 11) is 0. The molecular weight excluding hydrogens is 326 g/mol. The first-order chi connectivity index (χ1) is 12.3. The monoisotopic (exact) mass is 357 g/mol. The number of Topliss-reactive ketones (excluding diaryl/α,β-unsaturated/α-hetero) is 1. The van der Waals surface area contributed by atoms with Crippen molar-refractivity contribution in [2.24, 2.45) is 5.92 Å². The second-order valence-corrected chi connectivity index (χ2v) is 8.71. The lowest BCUT2D eigenvalue weighted by Crippen LogP contribution is -2.56. The molecule has 0 N–H and O–H groups in total. The summed E-state index contributed by atoms with van der Waals surface area (Å²) in [5.41, 5.74) is 1.53. The summed E-state index contributed by atoms with van der Waals surface area (Å²) in [6, 6.07) is 8.25. The van der Waals surface area contributed by atoms with Gasteiger partial charge in [-0.25, -0.2) is 4.79 Å². The maximum Gasteiger partial charge on any atom is 0.410 e. The molecule has 4 nitrogen and oxygen atoms in total. The number of fused-ring (bicyclic) bond motifs is 2. The van der Waals surface area contributed by atoms with Crippen molar-refractivity contribution in [2.75, 3.05) is 0 Å². The second-order valence-electron chi connectivity index (χ2n) is 8.71. The van der Waals surface area contributed by atoms with Gasteiger partial charge in [-0.05, 0) is 70.9 Å². The third kappa shape index (κ3) is 4.11. The molecule has 1 aromatic carbocycles. The number of carbonyl (C=O) groups is 2. The molecule has 2 aliphatic heterocycles. The Labute approximate surface area is 156 Å². The maximum absolute atomic E-state index is 13.1. The predicted molar refractivity (Wildman–Crippen MR) is 102 cm³/mol. The van der Waals surface area contributed by atoms with Crippen molar-refractivity contribution in [3.05, 3.63) is 35.4 Å². The molecule has 0 radical (unpaired) electrons. The summed E-state index contributed by atoms with van der Waals surface area (Å²) in [4.78, 5) is 27.7. The van der Waals surface area contributed by atoms with Crippen molar-refractivity contribution in [3.8, 4) is 0 Å². The number of benzene rings is 1. The van der Waals surface area contributed by atoms with E-state index in [1.807, 2.05) is 43.9 Å². The fraction of sp³-hybridized carbons (Fsp3) is 0.636. The van der Waals surface area contributed by atoms with Crippen LogP contribution in [0, 0.1) is 5.92 Å². The van der Waals surface area contributed by atoms with E-state index in [2.05, 4.69) is 13.0 Å². The van der Waals surface area contributed by atoms with E-state index in [0.717, 1.165) is 44.1 Å². The zero-order chi connectivity index (χ0) is 18.9. The summed E-state index contributed by atoms with van der Waals surface area (Å²) in [6.07, 6.45) is 5.29. The summed E-state index contributed by atoms with van der Waals surface area (Å²) in [5.74, 6) is 0.247. The highest BCUT2D eigenvalue weighted by Gasteiger charge is 2.44. The van der Waals surface area contributed by atoms with Crippen molar-refractivity contribution in [1.29, 1.82) is 0 Å². The molecule has 4 heteroatoms. The first-order valence-corrected chi connectivity index (χ1v) is 9.93. The van der Waals surface area contributed by atoms with E-state index in [9.17, 15) is 9.59 Å². The molecule has 2 heterocycles. The lowest BCUT2D eigenvalue weighted by molar-refractivity contribution is -0.0260. The second kappa shape index (κ2) is 7.42.